The molecule has 0 aromatic rings. The standard InChI is InChI=1S/C10H13N3O6/c14-11(15)9-3-6-1-7(4-9)10(12(16)17,13(18)19)8(2-6)5-9/h6-8H,1-5H2. The van der Waals surface area contributed by atoms with E-state index in [0.29, 0.717) is 19.3 Å². The van der Waals surface area contributed by atoms with Gasteiger partial charge >= 0.3 is 5.66 Å². The second-order valence-corrected chi connectivity index (χ2v) is 6.12. The first-order valence-electron chi connectivity index (χ1n) is 6.26. The molecule has 4 saturated carbocycles. The molecule has 9 heteroatoms. The average Bonchev–Trinajstić information content (AvgIpc) is 2.26. The second kappa shape index (κ2) is 3.40. The Morgan fingerprint density at radius 3 is 1.63 bits per heavy atom. The van der Waals surface area contributed by atoms with E-state index in [0.717, 1.165) is 0 Å². The number of nitrogens with zero attached hydrogens (tertiary/aromatic N) is 3. The Balaban J connectivity index is 2.09. The Morgan fingerprint density at radius 2 is 1.26 bits per heavy atom. The predicted molar refractivity (Wildman–Crippen MR) is 60.0 cm³/mol. The molecule has 19 heavy (non-hydrogen) atoms. The lowest BCUT2D eigenvalue weighted by atomic mass is 9.49. The van der Waals surface area contributed by atoms with E-state index in [4.69, 9.17) is 0 Å². The normalized spacial score (nSPS) is 42.0. The number of nitro groups is 3. The molecular formula is C10H13N3O6. The monoisotopic (exact) mass is 271 g/mol. The van der Waals surface area contributed by atoms with Gasteiger partial charge in [-0.2, -0.15) is 0 Å². The molecule has 2 unspecified atom stereocenters. The van der Waals surface area contributed by atoms with E-state index < -0.39 is 32.9 Å². The molecule has 4 aliphatic rings. The molecule has 0 saturated heterocycles. The van der Waals surface area contributed by atoms with E-state index in [-0.39, 0.29) is 23.7 Å². The van der Waals surface area contributed by atoms with Crippen LogP contribution in [0.2, 0.25) is 0 Å². The zero-order valence-electron chi connectivity index (χ0n) is 10.1. The molecule has 0 spiro atoms. The topological polar surface area (TPSA) is 129 Å². The summed E-state index contributed by atoms with van der Waals surface area (Å²) >= 11 is 0. The summed E-state index contributed by atoms with van der Waals surface area (Å²) in [4.78, 5) is 32.0. The van der Waals surface area contributed by atoms with Crippen molar-refractivity contribution >= 4 is 0 Å². The van der Waals surface area contributed by atoms with E-state index in [1.54, 1.807) is 0 Å². The van der Waals surface area contributed by atoms with Crippen molar-refractivity contribution < 1.29 is 14.8 Å². The maximum absolute atomic E-state index is 11.3. The van der Waals surface area contributed by atoms with Gasteiger partial charge in [-0.05, 0) is 18.8 Å². The molecule has 0 aromatic heterocycles. The van der Waals surface area contributed by atoms with Gasteiger partial charge in [-0.15, -0.1) is 0 Å². The quantitative estimate of drug-likeness (QED) is 0.429. The third-order valence-electron chi connectivity index (χ3n) is 5.33. The summed E-state index contributed by atoms with van der Waals surface area (Å²) in [7, 11) is 0. The number of hydrogen-bond acceptors (Lipinski definition) is 6. The molecule has 4 aliphatic carbocycles. The molecular weight excluding hydrogens is 258 g/mol. The van der Waals surface area contributed by atoms with Crippen molar-refractivity contribution in [3.8, 4) is 0 Å². The zero-order valence-corrected chi connectivity index (χ0v) is 10.1. The van der Waals surface area contributed by atoms with Crippen molar-refractivity contribution in [2.24, 2.45) is 17.8 Å². The smallest absolute Gasteiger partial charge is 0.264 e. The van der Waals surface area contributed by atoms with Gasteiger partial charge in [-0.3, -0.25) is 30.3 Å². The lowest BCUT2D eigenvalue weighted by Crippen LogP contribution is -2.71. The van der Waals surface area contributed by atoms with Crippen LogP contribution in [0.1, 0.15) is 32.1 Å². The molecule has 0 N–H and O–H groups in total. The Labute approximate surface area is 107 Å². The van der Waals surface area contributed by atoms with Crippen LogP contribution in [0.4, 0.5) is 0 Å². The minimum absolute atomic E-state index is 0.0240. The van der Waals surface area contributed by atoms with Gasteiger partial charge in [0.05, 0.1) is 9.85 Å². The minimum atomic E-state index is -2.20. The first-order valence-corrected chi connectivity index (χ1v) is 6.26. The molecule has 0 aromatic carbocycles. The first-order chi connectivity index (χ1) is 8.83. The van der Waals surface area contributed by atoms with Crippen LogP contribution in [-0.4, -0.2) is 26.0 Å². The van der Waals surface area contributed by atoms with Crippen molar-refractivity contribution in [1.82, 2.24) is 0 Å². The van der Waals surface area contributed by atoms with Crippen LogP contribution in [0.25, 0.3) is 0 Å². The highest BCUT2D eigenvalue weighted by Gasteiger charge is 2.80. The van der Waals surface area contributed by atoms with E-state index in [1.165, 1.54) is 0 Å². The largest absolute Gasteiger partial charge is 0.464 e. The highest BCUT2D eigenvalue weighted by atomic mass is 16.7. The fraction of sp³-hybridized carbons (Fsp3) is 1.00. The molecule has 4 fully saturated rings. The Hall–Kier alpha value is -1.80. The van der Waals surface area contributed by atoms with Crippen LogP contribution < -0.4 is 0 Å². The zero-order chi connectivity index (χ0) is 14.0. The van der Waals surface area contributed by atoms with E-state index in [2.05, 4.69) is 0 Å². The molecule has 9 nitrogen and oxygen atoms in total. The summed E-state index contributed by atoms with van der Waals surface area (Å²) in [6.45, 7) is 0. The van der Waals surface area contributed by atoms with Crippen molar-refractivity contribution in [3.63, 3.8) is 0 Å². The summed E-state index contributed by atoms with van der Waals surface area (Å²) in [5.41, 5.74) is -3.36. The van der Waals surface area contributed by atoms with Gasteiger partial charge in [0.1, 0.15) is 11.8 Å². The van der Waals surface area contributed by atoms with Gasteiger partial charge < -0.3 is 0 Å². The first kappa shape index (κ1) is 12.2. The predicted octanol–water partition coefficient (Wildman–Crippen LogP) is 1.09. The van der Waals surface area contributed by atoms with Gasteiger partial charge in [0, 0.05) is 24.2 Å². The van der Waals surface area contributed by atoms with Gasteiger partial charge in [-0.1, -0.05) is 0 Å². The highest BCUT2D eigenvalue weighted by Crippen LogP contribution is 2.61. The van der Waals surface area contributed by atoms with Crippen LogP contribution in [-0.2, 0) is 0 Å². The highest BCUT2D eigenvalue weighted by molar-refractivity contribution is 5.09. The van der Waals surface area contributed by atoms with E-state index in [1.807, 2.05) is 0 Å². The SMILES string of the molecule is O=[N+]([O-])C12CC3CC(C1)C([N+](=O)[O-])([N+](=O)[O-])C(C3)C2. The average molecular weight is 271 g/mol. The summed E-state index contributed by atoms with van der Waals surface area (Å²) in [6.07, 6.45) is 1.09. The fourth-order valence-electron chi connectivity index (χ4n) is 4.81. The Kier molecular flexibility index (Phi) is 2.19. The van der Waals surface area contributed by atoms with E-state index >= 15 is 0 Å². The fourth-order valence-corrected chi connectivity index (χ4v) is 4.81. The number of hydrogen-bond donors (Lipinski definition) is 0. The lowest BCUT2D eigenvalue weighted by molar-refractivity contribution is -0.829. The third kappa shape index (κ3) is 1.25. The molecule has 0 amide bonds. The van der Waals surface area contributed by atoms with Crippen LogP contribution in [0, 0.1) is 48.1 Å². The van der Waals surface area contributed by atoms with Gasteiger partial charge in [-0.25, -0.2) is 0 Å². The second-order valence-electron chi connectivity index (χ2n) is 6.12. The maximum Gasteiger partial charge on any atom is 0.464 e. The third-order valence-corrected chi connectivity index (χ3v) is 5.33. The molecule has 0 heterocycles. The lowest BCUT2D eigenvalue weighted by Gasteiger charge is -2.52. The summed E-state index contributed by atoms with van der Waals surface area (Å²) in [5, 5.41) is 33.9. The molecule has 0 radical (unpaired) electrons. The summed E-state index contributed by atoms with van der Waals surface area (Å²) < 4.78 is 0. The molecule has 4 bridgehead atoms. The van der Waals surface area contributed by atoms with Crippen LogP contribution >= 0.6 is 0 Å². The van der Waals surface area contributed by atoms with Gasteiger partial charge in [0.25, 0.3) is 0 Å². The van der Waals surface area contributed by atoms with Crippen LogP contribution in [0.3, 0.4) is 0 Å². The van der Waals surface area contributed by atoms with Crippen molar-refractivity contribution in [2.75, 3.05) is 0 Å². The molecule has 2 atom stereocenters. The molecule has 4 rings (SSSR count). The van der Waals surface area contributed by atoms with Gasteiger partial charge in [0.2, 0.25) is 5.54 Å². The summed E-state index contributed by atoms with van der Waals surface area (Å²) in [5.74, 6) is -1.60. The molecule has 0 aliphatic heterocycles. The van der Waals surface area contributed by atoms with Gasteiger partial charge in [0.15, 0.2) is 0 Å². The molecule has 104 valence electrons. The number of rotatable bonds is 3. The van der Waals surface area contributed by atoms with Crippen molar-refractivity contribution in [3.05, 3.63) is 30.3 Å². The Bertz CT molecular complexity index is 460. The van der Waals surface area contributed by atoms with Crippen molar-refractivity contribution in [2.45, 2.75) is 43.3 Å². The van der Waals surface area contributed by atoms with Crippen molar-refractivity contribution in [1.29, 1.82) is 0 Å². The summed E-state index contributed by atoms with van der Waals surface area (Å²) in [6, 6.07) is 0. The maximum atomic E-state index is 11.3. The van der Waals surface area contributed by atoms with Crippen LogP contribution in [0.5, 0.6) is 0 Å². The van der Waals surface area contributed by atoms with E-state index in [9.17, 15) is 30.3 Å². The minimum Gasteiger partial charge on any atom is -0.264 e. The Morgan fingerprint density at radius 1 is 0.789 bits per heavy atom. The van der Waals surface area contributed by atoms with Crippen LogP contribution in [0.15, 0.2) is 0 Å².